The van der Waals surface area contributed by atoms with Gasteiger partial charge in [0.1, 0.15) is 11.9 Å². The van der Waals surface area contributed by atoms with Gasteiger partial charge < -0.3 is 19.3 Å². The van der Waals surface area contributed by atoms with Crippen LogP contribution in [0.3, 0.4) is 0 Å². The summed E-state index contributed by atoms with van der Waals surface area (Å²) in [6.45, 7) is 5.92. The molecule has 0 amide bonds. The molecule has 0 aliphatic carbocycles. The molecule has 1 aliphatic heterocycles. The molecule has 0 saturated carbocycles. The van der Waals surface area contributed by atoms with Gasteiger partial charge in [-0.05, 0) is 37.6 Å². The predicted octanol–water partition coefficient (Wildman–Crippen LogP) is 3.20. The van der Waals surface area contributed by atoms with Crippen LogP contribution in [0.4, 0.5) is 11.9 Å². The molecule has 3 aromatic rings. The lowest BCUT2D eigenvalue weighted by Crippen LogP contribution is -2.40. The summed E-state index contributed by atoms with van der Waals surface area (Å²) >= 11 is 0. The normalized spacial score (nSPS) is 16.3. The van der Waals surface area contributed by atoms with E-state index in [2.05, 4.69) is 19.9 Å². The zero-order valence-electron chi connectivity index (χ0n) is 18.7. The number of rotatable bonds is 5. The molecular formula is C23H28N6O2. The Morgan fingerprint density at radius 3 is 2.42 bits per heavy atom. The second-order valence-electron chi connectivity index (χ2n) is 7.85. The lowest BCUT2D eigenvalue weighted by molar-refractivity contribution is 0.0368. The van der Waals surface area contributed by atoms with E-state index in [9.17, 15) is 0 Å². The maximum atomic E-state index is 6.19. The fraction of sp³-hybridized carbons (Fsp3) is 0.391. The second-order valence-corrected chi connectivity index (χ2v) is 7.85. The summed E-state index contributed by atoms with van der Waals surface area (Å²) in [5, 5.41) is 0. The van der Waals surface area contributed by atoms with Gasteiger partial charge in [-0.15, -0.1) is 0 Å². The first-order valence-corrected chi connectivity index (χ1v) is 10.3. The van der Waals surface area contributed by atoms with Crippen molar-refractivity contribution in [3.05, 3.63) is 53.6 Å². The van der Waals surface area contributed by atoms with Gasteiger partial charge in [-0.25, -0.2) is 19.9 Å². The van der Waals surface area contributed by atoms with Crippen LogP contribution in [0.1, 0.15) is 23.2 Å². The molecule has 4 rings (SSSR count). The van der Waals surface area contributed by atoms with Crippen molar-refractivity contribution in [1.29, 1.82) is 0 Å². The lowest BCUT2D eigenvalue weighted by Gasteiger charge is -2.33. The van der Waals surface area contributed by atoms with Crippen molar-refractivity contribution in [2.24, 2.45) is 0 Å². The summed E-state index contributed by atoms with van der Waals surface area (Å²) < 4.78 is 11.5. The molecule has 8 nitrogen and oxygen atoms in total. The monoisotopic (exact) mass is 420 g/mol. The van der Waals surface area contributed by atoms with Gasteiger partial charge in [-0.2, -0.15) is 0 Å². The SMILES string of the molecule is COc1ccc(-c2cnc(N(C)C)nc2[C@H]2CN(c3nc(C)cc(C)n3)CCO2)cc1. The minimum atomic E-state index is -0.225. The van der Waals surface area contributed by atoms with E-state index in [0.717, 1.165) is 46.5 Å². The van der Waals surface area contributed by atoms with Crippen LogP contribution in [0, 0.1) is 13.8 Å². The zero-order chi connectivity index (χ0) is 22.0. The summed E-state index contributed by atoms with van der Waals surface area (Å²) in [7, 11) is 5.53. The van der Waals surface area contributed by atoms with E-state index < -0.39 is 0 Å². The Morgan fingerprint density at radius 2 is 1.77 bits per heavy atom. The van der Waals surface area contributed by atoms with Crippen molar-refractivity contribution >= 4 is 11.9 Å². The fourth-order valence-corrected chi connectivity index (χ4v) is 3.68. The molecule has 1 aliphatic rings. The molecule has 162 valence electrons. The average molecular weight is 421 g/mol. The number of ether oxygens (including phenoxy) is 2. The van der Waals surface area contributed by atoms with Gasteiger partial charge in [0, 0.05) is 43.8 Å². The molecule has 0 spiro atoms. The highest BCUT2D eigenvalue weighted by Crippen LogP contribution is 2.33. The number of anilines is 2. The van der Waals surface area contributed by atoms with Crippen LogP contribution in [0.15, 0.2) is 36.5 Å². The van der Waals surface area contributed by atoms with Crippen molar-refractivity contribution in [3.63, 3.8) is 0 Å². The molecule has 0 N–H and O–H groups in total. The fourth-order valence-electron chi connectivity index (χ4n) is 3.68. The first kappa shape index (κ1) is 21.0. The number of methoxy groups -OCH3 is 1. The van der Waals surface area contributed by atoms with Crippen LogP contribution in [0.5, 0.6) is 5.75 Å². The smallest absolute Gasteiger partial charge is 0.225 e. The zero-order valence-corrected chi connectivity index (χ0v) is 18.7. The maximum Gasteiger partial charge on any atom is 0.225 e. The molecule has 0 bridgehead atoms. The molecular weight excluding hydrogens is 392 g/mol. The largest absolute Gasteiger partial charge is 0.497 e. The highest BCUT2D eigenvalue weighted by molar-refractivity contribution is 5.67. The van der Waals surface area contributed by atoms with E-state index in [4.69, 9.17) is 14.5 Å². The number of benzene rings is 1. The lowest BCUT2D eigenvalue weighted by atomic mass is 10.0. The standard InChI is InChI=1S/C23H28N6O2/c1-15-12-16(2)26-23(25-15)29-10-11-31-20(14-29)21-19(13-24-22(27-21)28(3)4)17-6-8-18(30-5)9-7-17/h6-9,12-13,20H,10-11,14H2,1-5H3/t20-/m1/s1. The van der Waals surface area contributed by atoms with Gasteiger partial charge in [0.2, 0.25) is 11.9 Å². The van der Waals surface area contributed by atoms with Crippen LogP contribution in [-0.4, -0.2) is 60.8 Å². The highest BCUT2D eigenvalue weighted by atomic mass is 16.5. The Balaban J connectivity index is 1.71. The minimum Gasteiger partial charge on any atom is -0.497 e. The van der Waals surface area contributed by atoms with Crippen molar-refractivity contribution in [2.75, 3.05) is 50.7 Å². The second kappa shape index (κ2) is 8.85. The topological polar surface area (TPSA) is 76.5 Å². The molecule has 31 heavy (non-hydrogen) atoms. The summed E-state index contributed by atoms with van der Waals surface area (Å²) in [4.78, 5) is 22.8. The van der Waals surface area contributed by atoms with Crippen molar-refractivity contribution in [1.82, 2.24) is 19.9 Å². The van der Waals surface area contributed by atoms with Gasteiger partial charge in [0.15, 0.2) is 0 Å². The molecule has 8 heteroatoms. The van der Waals surface area contributed by atoms with Gasteiger partial charge >= 0.3 is 0 Å². The van der Waals surface area contributed by atoms with E-state index in [1.54, 1.807) is 7.11 Å². The Hall–Kier alpha value is -3.26. The molecule has 1 fully saturated rings. The molecule has 3 heterocycles. The summed E-state index contributed by atoms with van der Waals surface area (Å²) in [5.74, 6) is 2.19. The molecule has 0 radical (unpaired) electrons. The highest BCUT2D eigenvalue weighted by Gasteiger charge is 2.28. The third kappa shape index (κ3) is 4.59. The van der Waals surface area contributed by atoms with E-state index in [1.807, 2.05) is 69.4 Å². The van der Waals surface area contributed by atoms with Gasteiger partial charge in [0.25, 0.3) is 0 Å². The van der Waals surface area contributed by atoms with Crippen LogP contribution in [0.2, 0.25) is 0 Å². The first-order valence-electron chi connectivity index (χ1n) is 10.3. The van der Waals surface area contributed by atoms with Gasteiger partial charge in [-0.1, -0.05) is 12.1 Å². The van der Waals surface area contributed by atoms with Crippen LogP contribution < -0.4 is 14.5 Å². The van der Waals surface area contributed by atoms with E-state index in [1.165, 1.54) is 0 Å². The number of aryl methyl sites for hydroxylation is 2. The van der Waals surface area contributed by atoms with Crippen LogP contribution >= 0.6 is 0 Å². The van der Waals surface area contributed by atoms with Crippen molar-refractivity contribution < 1.29 is 9.47 Å². The third-order valence-electron chi connectivity index (χ3n) is 5.23. The molecule has 0 unspecified atom stereocenters. The quantitative estimate of drug-likeness (QED) is 0.623. The number of hydrogen-bond donors (Lipinski definition) is 0. The Labute approximate surface area is 182 Å². The molecule has 2 aromatic heterocycles. The van der Waals surface area contributed by atoms with Gasteiger partial charge in [0.05, 0.1) is 26.0 Å². The van der Waals surface area contributed by atoms with Crippen LogP contribution in [-0.2, 0) is 4.74 Å². The maximum absolute atomic E-state index is 6.19. The Bertz CT molecular complexity index is 1030. The molecule has 1 atom stereocenters. The van der Waals surface area contributed by atoms with E-state index >= 15 is 0 Å². The summed E-state index contributed by atoms with van der Waals surface area (Å²) in [5.41, 5.74) is 4.74. The summed E-state index contributed by atoms with van der Waals surface area (Å²) in [6, 6.07) is 9.90. The Kier molecular flexibility index (Phi) is 5.99. The number of hydrogen-bond acceptors (Lipinski definition) is 8. The molecule has 1 aromatic carbocycles. The number of morpholine rings is 1. The summed E-state index contributed by atoms with van der Waals surface area (Å²) in [6.07, 6.45) is 1.65. The van der Waals surface area contributed by atoms with E-state index in [0.29, 0.717) is 19.1 Å². The van der Waals surface area contributed by atoms with Crippen LogP contribution in [0.25, 0.3) is 11.1 Å². The third-order valence-corrected chi connectivity index (χ3v) is 5.23. The van der Waals surface area contributed by atoms with E-state index in [-0.39, 0.29) is 6.10 Å². The van der Waals surface area contributed by atoms with Gasteiger partial charge in [-0.3, -0.25) is 0 Å². The first-order chi connectivity index (χ1) is 14.9. The molecule has 1 saturated heterocycles. The minimum absolute atomic E-state index is 0.225. The number of aromatic nitrogens is 4. The Morgan fingerprint density at radius 1 is 1.06 bits per heavy atom. The number of nitrogens with zero attached hydrogens (tertiary/aromatic N) is 6. The van der Waals surface area contributed by atoms with Crippen molar-refractivity contribution in [3.8, 4) is 16.9 Å². The predicted molar refractivity (Wildman–Crippen MR) is 121 cm³/mol. The van der Waals surface area contributed by atoms with Crippen molar-refractivity contribution in [2.45, 2.75) is 20.0 Å². The average Bonchev–Trinajstić information content (AvgIpc) is 2.78.